The van der Waals surface area contributed by atoms with Gasteiger partial charge in [-0.3, -0.25) is 9.59 Å². The molecule has 3 aromatic carbocycles. The van der Waals surface area contributed by atoms with Crippen LogP contribution >= 0.6 is 0 Å². The van der Waals surface area contributed by atoms with E-state index in [0.29, 0.717) is 48.7 Å². The van der Waals surface area contributed by atoms with E-state index < -0.39 is 16.0 Å². The molecule has 3 aromatic rings. The SMILES string of the molecule is CCCN(CCC)S(=O)(=O)c1ccc(C(=O)O)cc1.COc1cc2c(c(OC)c1OC)-c1ccc(OC)c(=O)cc1C(NC(C)=O)CC2. The summed E-state index contributed by atoms with van der Waals surface area (Å²) in [6, 6.07) is 11.9. The molecule has 1 atom stereocenters. The van der Waals surface area contributed by atoms with Gasteiger partial charge in [0.1, 0.15) is 0 Å². The molecule has 0 radical (unpaired) electrons. The van der Waals surface area contributed by atoms with Gasteiger partial charge in [-0.05, 0) is 84.8 Å². The van der Waals surface area contributed by atoms with Crippen molar-refractivity contribution in [2.45, 2.75) is 57.4 Å². The predicted octanol–water partition coefficient (Wildman–Crippen LogP) is 5.07. The lowest BCUT2D eigenvalue weighted by atomic mass is 9.95. The topological polar surface area (TPSA) is 158 Å². The number of nitrogens with zero attached hydrogens (tertiary/aromatic N) is 1. The molecule has 13 heteroatoms. The average Bonchev–Trinajstić information content (AvgIpc) is 3.31. The Bertz CT molecular complexity index is 1770. The van der Waals surface area contributed by atoms with Gasteiger partial charge < -0.3 is 29.4 Å². The van der Waals surface area contributed by atoms with Crippen LogP contribution in [-0.2, 0) is 21.2 Å². The van der Waals surface area contributed by atoms with Gasteiger partial charge in [-0.25, -0.2) is 13.2 Å². The van der Waals surface area contributed by atoms with Crippen LogP contribution in [0.3, 0.4) is 0 Å². The molecule has 48 heavy (non-hydrogen) atoms. The van der Waals surface area contributed by atoms with Crippen molar-refractivity contribution in [2.75, 3.05) is 41.5 Å². The molecule has 0 saturated heterocycles. The Morgan fingerprint density at radius 1 is 0.875 bits per heavy atom. The number of benzene rings is 2. The van der Waals surface area contributed by atoms with Crippen LogP contribution in [0.25, 0.3) is 11.1 Å². The zero-order chi connectivity index (χ0) is 35.6. The predicted molar refractivity (Wildman–Crippen MR) is 182 cm³/mol. The third-order valence-corrected chi connectivity index (χ3v) is 9.70. The Morgan fingerprint density at radius 3 is 1.98 bits per heavy atom. The summed E-state index contributed by atoms with van der Waals surface area (Å²) in [5, 5.41) is 11.8. The summed E-state index contributed by atoms with van der Waals surface area (Å²) in [6.45, 7) is 6.25. The van der Waals surface area contributed by atoms with Gasteiger partial charge in [0, 0.05) is 25.6 Å². The summed E-state index contributed by atoms with van der Waals surface area (Å²) in [5.74, 6) is 0.538. The first kappa shape index (κ1) is 37.8. The summed E-state index contributed by atoms with van der Waals surface area (Å²) >= 11 is 0. The largest absolute Gasteiger partial charge is 0.493 e. The number of carboxylic acids is 1. The molecule has 0 fully saturated rings. The fourth-order valence-electron chi connectivity index (χ4n) is 5.63. The van der Waals surface area contributed by atoms with Crippen LogP contribution in [-0.4, -0.2) is 71.2 Å². The number of methoxy groups -OCH3 is 4. The smallest absolute Gasteiger partial charge is 0.335 e. The number of amides is 1. The van der Waals surface area contributed by atoms with Crippen LogP contribution in [0, 0.1) is 0 Å². The lowest BCUT2D eigenvalue weighted by molar-refractivity contribution is -0.119. The van der Waals surface area contributed by atoms with E-state index in [9.17, 15) is 22.8 Å². The molecule has 0 saturated carbocycles. The number of nitrogens with one attached hydrogen (secondary N) is 1. The minimum Gasteiger partial charge on any atom is -0.493 e. The number of carbonyl (C=O) groups excluding carboxylic acids is 1. The summed E-state index contributed by atoms with van der Waals surface area (Å²) in [5.41, 5.74) is 3.09. The first-order chi connectivity index (χ1) is 22.9. The molecule has 0 spiro atoms. The Labute approximate surface area is 281 Å². The molecule has 4 rings (SSSR count). The Kier molecular flexibility index (Phi) is 13.4. The average molecular weight is 685 g/mol. The van der Waals surface area contributed by atoms with E-state index in [2.05, 4.69) is 5.32 Å². The minimum atomic E-state index is -3.53. The summed E-state index contributed by atoms with van der Waals surface area (Å²) in [7, 11) is 2.61. The number of rotatable bonds is 12. The molecule has 0 heterocycles. The molecule has 0 bridgehead atoms. The number of ether oxygens (including phenoxy) is 4. The highest BCUT2D eigenvalue weighted by Gasteiger charge is 2.29. The lowest BCUT2D eigenvalue weighted by Crippen LogP contribution is -2.32. The Hall–Kier alpha value is -4.62. The van der Waals surface area contributed by atoms with Crippen molar-refractivity contribution in [3.05, 3.63) is 75.4 Å². The van der Waals surface area contributed by atoms with Gasteiger partial charge in [-0.2, -0.15) is 4.31 Å². The highest BCUT2D eigenvalue weighted by molar-refractivity contribution is 7.89. The zero-order valence-corrected chi connectivity index (χ0v) is 29.2. The first-order valence-corrected chi connectivity index (χ1v) is 17.0. The van der Waals surface area contributed by atoms with Crippen molar-refractivity contribution < 1.29 is 42.1 Å². The Balaban J connectivity index is 0.000000286. The van der Waals surface area contributed by atoms with Crippen LogP contribution in [0.2, 0.25) is 0 Å². The molecular formula is C35H44N2O10S. The van der Waals surface area contributed by atoms with E-state index >= 15 is 0 Å². The van der Waals surface area contributed by atoms with Gasteiger partial charge in [0.15, 0.2) is 17.2 Å². The number of aryl methyl sites for hydroxylation is 1. The third kappa shape index (κ3) is 8.45. The lowest BCUT2D eigenvalue weighted by Gasteiger charge is -2.20. The van der Waals surface area contributed by atoms with Crippen molar-refractivity contribution in [3.63, 3.8) is 0 Å². The number of sulfonamides is 1. The standard InChI is InChI=1S/C22H25NO6.C13H19NO4S/c1-12(24)23-16-8-6-13-10-19(27-3)21(28-4)22(29-5)20(13)14-7-9-18(26-2)17(25)11-15(14)16;1-3-9-14(10-4-2)19(17,18)12-7-5-11(6-8-12)13(15)16/h7,9-11,16H,6,8H2,1-5H3,(H,23,24);5-8H,3-4,9-10H2,1-2H3,(H,15,16). The molecule has 1 aliphatic rings. The summed E-state index contributed by atoms with van der Waals surface area (Å²) < 4.78 is 48.2. The molecule has 0 aliphatic heterocycles. The van der Waals surface area contributed by atoms with Crippen LogP contribution < -0.4 is 29.7 Å². The van der Waals surface area contributed by atoms with Gasteiger partial charge >= 0.3 is 5.97 Å². The highest BCUT2D eigenvalue weighted by atomic mass is 32.2. The fourth-order valence-corrected chi connectivity index (χ4v) is 7.26. The van der Waals surface area contributed by atoms with Crippen molar-refractivity contribution in [1.82, 2.24) is 9.62 Å². The second-order valence-electron chi connectivity index (χ2n) is 11.0. The second-order valence-corrected chi connectivity index (χ2v) is 12.9. The number of carboxylic acid groups (broad SMARTS) is 1. The van der Waals surface area contributed by atoms with E-state index in [4.69, 9.17) is 24.1 Å². The molecule has 1 amide bonds. The van der Waals surface area contributed by atoms with Crippen LogP contribution in [0.1, 0.15) is 67.6 Å². The van der Waals surface area contributed by atoms with E-state index in [0.717, 1.165) is 29.5 Å². The van der Waals surface area contributed by atoms with Gasteiger partial charge in [0.25, 0.3) is 0 Å². The van der Waals surface area contributed by atoms with Crippen molar-refractivity contribution in [1.29, 1.82) is 0 Å². The number of aromatic carboxylic acids is 1. The van der Waals surface area contributed by atoms with E-state index in [1.165, 1.54) is 48.7 Å². The van der Waals surface area contributed by atoms with Crippen molar-refractivity contribution in [2.24, 2.45) is 0 Å². The highest BCUT2D eigenvalue weighted by Crippen LogP contribution is 2.50. The van der Waals surface area contributed by atoms with Crippen molar-refractivity contribution in [3.8, 4) is 34.1 Å². The number of hydrogen-bond donors (Lipinski definition) is 2. The van der Waals surface area contributed by atoms with E-state index in [1.54, 1.807) is 27.4 Å². The summed E-state index contributed by atoms with van der Waals surface area (Å²) in [6.07, 6.45) is 2.75. The molecule has 1 unspecified atom stereocenters. The van der Waals surface area contributed by atoms with Gasteiger partial charge in [-0.1, -0.05) is 19.9 Å². The molecule has 0 aromatic heterocycles. The minimum absolute atomic E-state index is 0.0801. The van der Waals surface area contributed by atoms with Crippen LogP contribution in [0.4, 0.5) is 0 Å². The fraction of sp³-hybridized carbons (Fsp3) is 0.400. The number of hydrogen-bond acceptors (Lipinski definition) is 9. The van der Waals surface area contributed by atoms with Gasteiger partial charge in [0.2, 0.25) is 27.1 Å². The van der Waals surface area contributed by atoms with E-state index in [-0.39, 0.29) is 33.6 Å². The molecule has 12 nitrogen and oxygen atoms in total. The Morgan fingerprint density at radius 2 is 1.48 bits per heavy atom. The second kappa shape index (κ2) is 17.0. The third-order valence-electron chi connectivity index (χ3n) is 7.78. The first-order valence-electron chi connectivity index (χ1n) is 15.5. The quantitative estimate of drug-likeness (QED) is 0.264. The van der Waals surface area contributed by atoms with E-state index in [1.807, 2.05) is 26.0 Å². The molecule has 260 valence electrons. The maximum absolute atomic E-state index is 12.6. The normalized spacial score (nSPS) is 13.5. The van der Waals surface area contributed by atoms with Crippen LogP contribution in [0.15, 0.2) is 58.2 Å². The molecule has 1 aliphatic carbocycles. The van der Waals surface area contributed by atoms with Crippen molar-refractivity contribution >= 4 is 21.9 Å². The number of fused-ring (bicyclic) bond motifs is 3. The van der Waals surface area contributed by atoms with Crippen LogP contribution in [0.5, 0.6) is 23.0 Å². The summed E-state index contributed by atoms with van der Waals surface area (Å²) in [4.78, 5) is 35.4. The maximum Gasteiger partial charge on any atom is 0.335 e. The molecule has 2 N–H and O–H groups in total. The zero-order valence-electron chi connectivity index (χ0n) is 28.4. The monoisotopic (exact) mass is 684 g/mol. The maximum atomic E-state index is 12.6. The number of carbonyl (C=O) groups is 2. The van der Waals surface area contributed by atoms with Gasteiger partial charge in [0.05, 0.1) is 44.9 Å². The molecular weight excluding hydrogens is 640 g/mol. The van der Waals surface area contributed by atoms with Gasteiger partial charge in [-0.15, -0.1) is 0 Å².